The van der Waals surface area contributed by atoms with Crippen LogP contribution in [0, 0.1) is 12.8 Å². The van der Waals surface area contributed by atoms with Crippen molar-refractivity contribution in [3.05, 3.63) is 23.7 Å². The molecule has 19 heavy (non-hydrogen) atoms. The summed E-state index contributed by atoms with van der Waals surface area (Å²) in [7, 11) is 0. The second-order valence-electron chi connectivity index (χ2n) is 6.15. The van der Waals surface area contributed by atoms with Gasteiger partial charge in [0.1, 0.15) is 11.5 Å². The van der Waals surface area contributed by atoms with Crippen molar-refractivity contribution in [3.63, 3.8) is 0 Å². The molecule has 1 aromatic rings. The molecule has 2 rings (SSSR count). The van der Waals surface area contributed by atoms with Gasteiger partial charge in [-0.2, -0.15) is 0 Å². The molecule has 0 aromatic carbocycles. The molecule has 108 valence electrons. The van der Waals surface area contributed by atoms with E-state index in [4.69, 9.17) is 4.42 Å². The lowest BCUT2D eigenvalue weighted by Gasteiger charge is -2.42. The van der Waals surface area contributed by atoms with Crippen molar-refractivity contribution >= 4 is 0 Å². The van der Waals surface area contributed by atoms with Gasteiger partial charge in [0, 0.05) is 25.2 Å². The zero-order chi connectivity index (χ0) is 13.8. The summed E-state index contributed by atoms with van der Waals surface area (Å²) in [5.74, 6) is 2.78. The lowest BCUT2D eigenvalue weighted by molar-refractivity contribution is 0.0814. The van der Waals surface area contributed by atoms with Gasteiger partial charge in [0.2, 0.25) is 0 Å². The van der Waals surface area contributed by atoms with Gasteiger partial charge in [-0.15, -0.1) is 0 Å². The predicted octanol–water partition coefficient (Wildman–Crippen LogP) is 3.19. The highest BCUT2D eigenvalue weighted by molar-refractivity contribution is 5.06. The van der Waals surface area contributed by atoms with Gasteiger partial charge in [-0.3, -0.25) is 4.90 Å². The normalized spacial score (nSPS) is 25.1. The number of nitrogens with one attached hydrogen (secondary N) is 1. The van der Waals surface area contributed by atoms with Crippen LogP contribution in [0.5, 0.6) is 0 Å². The molecular weight excluding hydrogens is 236 g/mol. The van der Waals surface area contributed by atoms with Crippen molar-refractivity contribution in [1.29, 1.82) is 0 Å². The Morgan fingerprint density at radius 1 is 1.42 bits per heavy atom. The van der Waals surface area contributed by atoms with E-state index >= 15 is 0 Å². The minimum absolute atomic E-state index is 0.610. The van der Waals surface area contributed by atoms with E-state index in [2.05, 4.69) is 43.1 Å². The van der Waals surface area contributed by atoms with E-state index < -0.39 is 0 Å². The number of hydrogen-bond acceptors (Lipinski definition) is 3. The van der Waals surface area contributed by atoms with Crippen molar-refractivity contribution in [2.45, 2.75) is 59.2 Å². The summed E-state index contributed by atoms with van der Waals surface area (Å²) in [6.07, 6.45) is 2.51. The quantitative estimate of drug-likeness (QED) is 0.885. The number of piperazine rings is 1. The third kappa shape index (κ3) is 3.83. The zero-order valence-electron chi connectivity index (χ0n) is 12.8. The summed E-state index contributed by atoms with van der Waals surface area (Å²) in [5.41, 5.74) is 0. The molecule has 2 unspecified atom stereocenters. The van der Waals surface area contributed by atoms with Gasteiger partial charge >= 0.3 is 0 Å². The van der Waals surface area contributed by atoms with Crippen LogP contribution in [0.15, 0.2) is 16.5 Å². The van der Waals surface area contributed by atoms with E-state index in [1.54, 1.807) is 0 Å². The SMILES string of the molecule is CCCC1CN(Cc2ccc(C)o2)C(C(C)C)CN1. The predicted molar refractivity (Wildman–Crippen MR) is 79.2 cm³/mol. The Kier molecular flexibility index (Phi) is 5.06. The Morgan fingerprint density at radius 2 is 2.21 bits per heavy atom. The summed E-state index contributed by atoms with van der Waals surface area (Å²) < 4.78 is 5.75. The number of nitrogens with zero attached hydrogens (tertiary/aromatic N) is 1. The lowest BCUT2D eigenvalue weighted by Crippen LogP contribution is -2.57. The first-order valence-electron chi connectivity index (χ1n) is 7.63. The van der Waals surface area contributed by atoms with Crippen LogP contribution in [0.4, 0.5) is 0 Å². The minimum Gasteiger partial charge on any atom is -0.465 e. The maximum Gasteiger partial charge on any atom is 0.118 e. The van der Waals surface area contributed by atoms with Crippen LogP contribution >= 0.6 is 0 Å². The van der Waals surface area contributed by atoms with E-state index in [1.807, 2.05) is 6.92 Å². The van der Waals surface area contributed by atoms with Crippen LogP contribution in [-0.4, -0.2) is 30.1 Å². The first-order chi connectivity index (χ1) is 9.10. The Bertz CT molecular complexity index is 386. The molecule has 1 aliphatic rings. The van der Waals surface area contributed by atoms with Gasteiger partial charge in [0.15, 0.2) is 0 Å². The van der Waals surface area contributed by atoms with Crippen LogP contribution in [-0.2, 0) is 6.54 Å². The molecule has 0 amide bonds. The fourth-order valence-corrected chi connectivity index (χ4v) is 3.05. The molecule has 1 aliphatic heterocycles. The summed E-state index contributed by atoms with van der Waals surface area (Å²) in [4.78, 5) is 2.60. The van der Waals surface area contributed by atoms with Gasteiger partial charge in [-0.25, -0.2) is 0 Å². The Morgan fingerprint density at radius 3 is 2.79 bits per heavy atom. The van der Waals surface area contributed by atoms with Crippen LogP contribution < -0.4 is 5.32 Å². The number of rotatable bonds is 5. The molecule has 1 N–H and O–H groups in total. The monoisotopic (exact) mass is 264 g/mol. The van der Waals surface area contributed by atoms with Crippen molar-refractivity contribution in [2.24, 2.45) is 5.92 Å². The third-order valence-corrected chi connectivity index (χ3v) is 4.10. The molecule has 0 bridgehead atoms. The average molecular weight is 264 g/mol. The number of aryl methyl sites for hydroxylation is 1. The first kappa shape index (κ1) is 14.6. The van der Waals surface area contributed by atoms with Crippen LogP contribution in [0.1, 0.15) is 45.1 Å². The summed E-state index contributed by atoms with van der Waals surface area (Å²) in [6.45, 7) is 12.1. The second-order valence-corrected chi connectivity index (χ2v) is 6.15. The van der Waals surface area contributed by atoms with Crippen LogP contribution in [0.25, 0.3) is 0 Å². The molecule has 0 radical (unpaired) electrons. The molecule has 1 aromatic heterocycles. The lowest BCUT2D eigenvalue weighted by atomic mass is 9.97. The van der Waals surface area contributed by atoms with Gasteiger partial charge in [-0.05, 0) is 31.4 Å². The van der Waals surface area contributed by atoms with E-state index in [9.17, 15) is 0 Å². The smallest absolute Gasteiger partial charge is 0.118 e. The summed E-state index contributed by atoms with van der Waals surface area (Å²) in [5, 5.41) is 3.70. The van der Waals surface area contributed by atoms with Gasteiger partial charge < -0.3 is 9.73 Å². The van der Waals surface area contributed by atoms with Crippen molar-refractivity contribution in [3.8, 4) is 0 Å². The van der Waals surface area contributed by atoms with Crippen molar-refractivity contribution in [1.82, 2.24) is 10.2 Å². The van der Waals surface area contributed by atoms with Gasteiger partial charge in [0.05, 0.1) is 6.54 Å². The summed E-state index contributed by atoms with van der Waals surface area (Å²) >= 11 is 0. The highest BCUT2D eigenvalue weighted by Gasteiger charge is 2.29. The molecule has 3 heteroatoms. The third-order valence-electron chi connectivity index (χ3n) is 4.10. The molecule has 1 saturated heterocycles. The van der Waals surface area contributed by atoms with Crippen LogP contribution in [0.3, 0.4) is 0 Å². The first-order valence-corrected chi connectivity index (χ1v) is 7.63. The zero-order valence-corrected chi connectivity index (χ0v) is 12.8. The molecule has 3 nitrogen and oxygen atoms in total. The molecule has 2 heterocycles. The Balaban J connectivity index is 2.02. The highest BCUT2D eigenvalue weighted by atomic mass is 16.3. The van der Waals surface area contributed by atoms with Gasteiger partial charge in [-0.1, -0.05) is 27.2 Å². The molecule has 2 atom stereocenters. The van der Waals surface area contributed by atoms with E-state index in [1.165, 1.54) is 12.8 Å². The number of hydrogen-bond donors (Lipinski definition) is 1. The standard InChI is InChI=1S/C16H28N2O/c1-5-6-14-10-18(16(9-17-14)12(2)3)11-15-8-7-13(4)19-15/h7-8,12,14,16-17H,5-6,9-11H2,1-4H3. The highest BCUT2D eigenvalue weighted by Crippen LogP contribution is 2.20. The largest absolute Gasteiger partial charge is 0.465 e. The number of furan rings is 1. The fourth-order valence-electron chi connectivity index (χ4n) is 3.05. The van der Waals surface area contributed by atoms with Crippen LogP contribution in [0.2, 0.25) is 0 Å². The summed E-state index contributed by atoms with van der Waals surface area (Å²) in [6, 6.07) is 5.42. The molecule has 0 aliphatic carbocycles. The topological polar surface area (TPSA) is 28.4 Å². The maximum absolute atomic E-state index is 5.75. The molecule has 0 spiro atoms. The van der Waals surface area contributed by atoms with E-state index in [0.717, 1.165) is 31.2 Å². The van der Waals surface area contributed by atoms with E-state index in [0.29, 0.717) is 18.0 Å². The second kappa shape index (κ2) is 6.58. The average Bonchev–Trinajstić information content (AvgIpc) is 2.75. The molecule has 0 saturated carbocycles. The van der Waals surface area contributed by atoms with Crippen molar-refractivity contribution < 1.29 is 4.42 Å². The Labute approximate surface area is 117 Å². The van der Waals surface area contributed by atoms with Crippen molar-refractivity contribution in [2.75, 3.05) is 13.1 Å². The molecular formula is C16H28N2O. The van der Waals surface area contributed by atoms with Gasteiger partial charge in [0.25, 0.3) is 0 Å². The Hall–Kier alpha value is -0.800. The minimum atomic E-state index is 0.610. The fraction of sp³-hybridized carbons (Fsp3) is 0.750. The molecule has 1 fully saturated rings. The van der Waals surface area contributed by atoms with E-state index in [-0.39, 0.29) is 0 Å². The maximum atomic E-state index is 5.75.